The number of hydrogen-bond acceptors (Lipinski definition) is 5. The summed E-state index contributed by atoms with van der Waals surface area (Å²) in [4.78, 5) is 31.6. The van der Waals surface area contributed by atoms with Crippen molar-refractivity contribution < 1.29 is 14.3 Å². The number of aryl methyl sites for hydroxylation is 1. The molecule has 1 aromatic heterocycles. The van der Waals surface area contributed by atoms with Crippen molar-refractivity contribution in [2.45, 2.75) is 83.5 Å². The van der Waals surface area contributed by atoms with Gasteiger partial charge in [0.1, 0.15) is 18.2 Å². The van der Waals surface area contributed by atoms with Crippen LogP contribution in [0.5, 0.6) is 5.75 Å². The predicted octanol–water partition coefficient (Wildman–Crippen LogP) is 5.62. The zero-order valence-electron chi connectivity index (χ0n) is 23.4. The summed E-state index contributed by atoms with van der Waals surface area (Å²) in [5.74, 6) is 2.93. The fourth-order valence-electron chi connectivity index (χ4n) is 7.23. The number of ether oxygens (including phenoxy) is 1. The molecular weight excluding hydrogens is 582 g/mol. The van der Waals surface area contributed by atoms with Gasteiger partial charge in [0, 0.05) is 54.1 Å². The minimum absolute atomic E-state index is 0.0327. The average Bonchev–Trinajstić information content (AvgIpc) is 3.57. The van der Waals surface area contributed by atoms with Crippen molar-refractivity contribution in [2.24, 2.45) is 5.92 Å². The molecule has 0 N–H and O–H groups in total. The molecule has 3 aromatic rings. The van der Waals surface area contributed by atoms with Gasteiger partial charge in [-0.3, -0.25) is 9.59 Å². The Bertz CT molecular complexity index is 1480. The summed E-state index contributed by atoms with van der Waals surface area (Å²) in [7, 11) is 0. The van der Waals surface area contributed by atoms with E-state index in [1.54, 1.807) is 0 Å². The maximum absolute atomic E-state index is 14.1. The van der Waals surface area contributed by atoms with Crippen LogP contribution in [-0.2, 0) is 37.3 Å². The Balaban J connectivity index is 1.23. The third-order valence-electron chi connectivity index (χ3n) is 9.39. The monoisotopic (exact) mass is 617 g/mol. The predicted molar refractivity (Wildman–Crippen MR) is 157 cm³/mol. The fourth-order valence-corrected chi connectivity index (χ4v) is 7.78. The number of rotatable bonds is 6. The van der Waals surface area contributed by atoms with Crippen molar-refractivity contribution in [1.82, 2.24) is 24.6 Å². The van der Waals surface area contributed by atoms with E-state index in [1.165, 1.54) is 6.42 Å². The highest BCUT2D eigenvalue weighted by molar-refractivity contribution is 9.10. The van der Waals surface area contributed by atoms with E-state index < -0.39 is 0 Å². The van der Waals surface area contributed by atoms with E-state index in [0.29, 0.717) is 26.2 Å². The van der Waals surface area contributed by atoms with Crippen LogP contribution in [0.25, 0.3) is 0 Å². The Morgan fingerprint density at radius 1 is 0.976 bits per heavy atom. The summed E-state index contributed by atoms with van der Waals surface area (Å²) >= 11 is 3.80. The third kappa shape index (κ3) is 4.96. The Hall–Kier alpha value is -3.20. The molecule has 4 heterocycles. The van der Waals surface area contributed by atoms with Crippen LogP contribution in [0.4, 0.5) is 0 Å². The van der Waals surface area contributed by atoms with Gasteiger partial charge in [-0.05, 0) is 61.4 Å². The van der Waals surface area contributed by atoms with Crippen molar-refractivity contribution in [3.8, 4) is 5.75 Å². The standard InChI is InChI=1S/C32H36BrN5O3/c33-25-13-14-27(41-20-29-35-34-28-12-6-7-16-38(28)29)30-24(25)15-17-37(31(39)21-8-2-1-3-9-21)26(30)19-36-18-22-10-4-5-11-23(22)32(36)40/h4-5,10-11,13-14,21,26H,1-3,6-9,12,15-20H2/t26-/m1/s1. The lowest BCUT2D eigenvalue weighted by Gasteiger charge is -2.42. The molecule has 0 radical (unpaired) electrons. The first kappa shape index (κ1) is 26.7. The number of amides is 2. The van der Waals surface area contributed by atoms with Crippen LogP contribution in [0.1, 0.15) is 89.7 Å². The van der Waals surface area contributed by atoms with Gasteiger partial charge in [0.15, 0.2) is 5.82 Å². The Kier molecular flexibility index (Phi) is 7.31. The molecule has 3 aliphatic heterocycles. The molecule has 2 amide bonds. The van der Waals surface area contributed by atoms with Gasteiger partial charge in [-0.15, -0.1) is 10.2 Å². The molecule has 8 nitrogen and oxygen atoms in total. The number of aromatic nitrogens is 3. The molecule has 1 saturated carbocycles. The number of benzene rings is 2. The first-order valence-electron chi connectivity index (χ1n) is 15.1. The second-order valence-corrected chi connectivity index (χ2v) is 12.7. The lowest BCUT2D eigenvalue weighted by Crippen LogP contribution is -2.48. The molecule has 1 aliphatic carbocycles. The second-order valence-electron chi connectivity index (χ2n) is 11.8. The number of halogens is 1. The number of nitrogens with zero attached hydrogens (tertiary/aromatic N) is 5. The van der Waals surface area contributed by atoms with Gasteiger partial charge in [0.25, 0.3) is 5.91 Å². The molecule has 0 spiro atoms. The van der Waals surface area contributed by atoms with Gasteiger partial charge in [0.2, 0.25) is 5.91 Å². The molecule has 41 heavy (non-hydrogen) atoms. The average molecular weight is 619 g/mol. The van der Waals surface area contributed by atoms with Crippen LogP contribution in [0.15, 0.2) is 40.9 Å². The summed E-state index contributed by atoms with van der Waals surface area (Å²) in [5.41, 5.74) is 3.97. The molecule has 0 unspecified atom stereocenters. The molecule has 7 rings (SSSR count). The minimum atomic E-state index is -0.286. The fraction of sp³-hybridized carbons (Fsp3) is 0.500. The second kappa shape index (κ2) is 11.2. The number of hydrogen-bond donors (Lipinski definition) is 0. The van der Waals surface area contributed by atoms with Crippen LogP contribution < -0.4 is 4.74 Å². The van der Waals surface area contributed by atoms with E-state index >= 15 is 0 Å². The van der Waals surface area contributed by atoms with Crippen molar-refractivity contribution in [2.75, 3.05) is 13.1 Å². The molecule has 0 saturated heterocycles. The van der Waals surface area contributed by atoms with Gasteiger partial charge < -0.3 is 19.1 Å². The van der Waals surface area contributed by atoms with E-state index in [-0.39, 0.29) is 23.8 Å². The highest BCUT2D eigenvalue weighted by Gasteiger charge is 2.40. The van der Waals surface area contributed by atoms with E-state index in [2.05, 4.69) is 35.6 Å². The summed E-state index contributed by atoms with van der Waals surface area (Å²) < 4.78 is 9.75. The molecular formula is C32H36BrN5O3. The first-order valence-corrected chi connectivity index (χ1v) is 15.9. The number of fused-ring (bicyclic) bond motifs is 3. The van der Waals surface area contributed by atoms with Crippen molar-refractivity contribution >= 4 is 27.7 Å². The smallest absolute Gasteiger partial charge is 0.254 e. The highest BCUT2D eigenvalue weighted by Crippen LogP contribution is 2.43. The van der Waals surface area contributed by atoms with Gasteiger partial charge in [-0.2, -0.15) is 0 Å². The molecule has 2 aromatic carbocycles. The Labute approximate surface area is 249 Å². The van der Waals surface area contributed by atoms with Crippen molar-refractivity contribution in [3.05, 3.63) is 74.8 Å². The van der Waals surface area contributed by atoms with E-state index in [1.807, 2.05) is 41.3 Å². The van der Waals surface area contributed by atoms with Crippen LogP contribution in [-0.4, -0.2) is 49.5 Å². The van der Waals surface area contributed by atoms with E-state index in [4.69, 9.17) is 4.74 Å². The largest absolute Gasteiger partial charge is 0.485 e. The Morgan fingerprint density at radius 3 is 2.68 bits per heavy atom. The van der Waals surface area contributed by atoms with Gasteiger partial charge in [-0.25, -0.2) is 0 Å². The molecule has 4 aliphatic rings. The topological polar surface area (TPSA) is 80.6 Å². The molecule has 1 fully saturated rings. The molecule has 214 valence electrons. The normalized spacial score (nSPS) is 20.5. The SMILES string of the molecule is O=C1c2ccccc2CN1C[C@@H]1c2c(OCc3nnc4n3CCCC4)ccc(Br)c2CCN1C(=O)C1CCCCC1. The lowest BCUT2D eigenvalue weighted by molar-refractivity contribution is -0.140. The van der Waals surface area contributed by atoms with Gasteiger partial charge in [0.05, 0.1) is 6.04 Å². The number of carbonyl (C=O) groups excluding carboxylic acids is 2. The zero-order valence-corrected chi connectivity index (χ0v) is 24.9. The van der Waals surface area contributed by atoms with Crippen molar-refractivity contribution in [3.63, 3.8) is 0 Å². The molecule has 0 bridgehead atoms. The maximum atomic E-state index is 14.1. The third-order valence-corrected chi connectivity index (χ3v) is 10.1. The minimum Gasteiger partial charge on any atom is -0.485 e. The van der Waals surface area contributed by atoms with Crippen LogP contribution in [0, 0.1) is 5.92 Å². The van der Waals surface area contributed by atoms with E-state index in [0.717, 1.165) is 102 Å². The first-order chi connectivity index (χ1) is 20.1. The van der Waals surface area contributed by atoms with Crippen LogP contribution >= 0.6 is 15.9 Å². The summed E-state index contributed by atoms with van der Waals surface area (Å²) in [6.45, 7) is 2.87. The molecule has 1 atom stereocenters. The summed E-state index contributed by atoms with van der Waals surface area (Å²) in [5, 5.41) is 8.84. The highest BCUT2D eigenvalue weighted by atomic mass is 79.9. The van der Waals surface area contributed by atoms with Gasteiger partial charge in [-0.1, -0.05) is 53.4 Å². The lowest BCUT2D eigenvalue weighted by atomic mass is 9.85. The summed E-state index contributed by atoms with van der Waals surface area (Å²) in [6.07, 6.45) is 9.27. The van der Waals surface area contributed by atoms with E-state index in [9.17, 15) is 9.59 Å². The molecule has 9 heteroatoms. The van der Waals surface area contributed by atoms with Crippen LogP contribution in [0.2, 0.25) is 0 Å². The zero-order chi connectivity index (χ0) is 27.9. The quantitative estimate of drug-likeness (QED) is 0.359. The van der Waals surface area contributed by atoms with Gasteiger partial charge >= 0.3 is 0 Å². The van der Waals surface area contributed by atoms with Crippen molar-refractivity contribution in [1.29, 1.82) is 0 Å². The van der Waals surface area contributed by atoms with Crippen LogP contribution in [0.3, 0.4) is 0 Å². The summed E-state index contributed by atoms with van der Waals surface area (Å²) in [6, 6.07) is 11.6. The maximum Gasteiger partial charge on any atom is 0.254 e. The Morgan fingerprint density at radius 2 is 1.83 bits per heavy atom. The number of carbonyl (C=O) groups is 2.